The summed E-state index contributed by atoms with van der Waals surface area (Å²) in [6.45, 7) is 1.90. The van der Waals surface area contributed by atoms with Gasteiger partial charge in [0.25, 0.3) is 0 Å². The molecule has 1 N–H and O–H groups in total. The molecule has 1 heterocycles. The Hall–Kier alpha value is -0.640. The van der Waals surface area contributed by atoms with Gasteiger partial charge in [-0.05, 0) is 6.92 Å². The van der Waals surface area contributed by atoms with Gasteiger partial charge in [-0.25, -0.2) is 0 Å². The predicted molar refractivity (Wildman–Crippen MR) is 33.6 cm³/mol. The number of nitrogens with one attached hydrogen (secondary N) is 1. The lowest BCUT2D eigenvalue weighted by atomic mass is 10.9. The second-order valence-corrected chi connectivity index (χ2v) is 2.48. The third-order valence-electron chi connectivity index (χ3n) is 0.677. The van der Waals surface area contributed by atoms with Crippen molar-refractivity contribution in [2.45, 2.75) is 6.92 Å². The smallest absolute Gasteiger partial charge is 0.205 e. The molecule has 0 fully saturated rings. The second-order valence-electron chi connectivity index (χ2n) is 1.30. The summed E-state index contributed by atoms with van der Waals surface area (Å²) in [6, 6.07) is 0. The normalized spacial score (nSPS) is 9.25. The van der Waals surface area contributed by atoms with Gasteiger partial charge in [0.1, 0.15) is 5.01 Å². The zero-order valence-corrected chi connectivity index (χ0v) is 5.33. The van der Waals surface area contributed by atoms with E-state index >= 15 is 0 Å². The number of nitrogens with zero attached hydrogens (tertiary/aromatic N) is 2. The van der Waals surface area contributed by atoms with E-state index in [0.29, 0.717) is 0 Å². The fraction of sp³-hybridized carbons (Fsp3) is 0.250. The first kappa shape index (κ1) is 5.50. The lowest BCUT2D eigenvalue weighted by Crippen LogP contribution is -1.80. The first-order valence-corrected chi connectivity index (χ1v) is 2.98. The van der Waals surface area contributed by atoms with E-state index < -0.39 is 0 Å². The van der Waals surface area contributed by atoms with Crippen LogP contribution in [0, 0.1) is 14.0 Å². The molecule has 0 aliphatic carbocycles. The van der Waals surface area contributed by atoms with Crippen LogP contribution in [0.3, 0.4) is 0 Å². The maximum absolute atomic E-state index is 3.75. The van der Waals surface area contributed by atoms with Crippen molar-refractivity contribution in [3.05, 3.63) is 12.1 Å². The lowest BCUT2D eigenvalue weighted by molar-refractivity contribution is 1.05. The van der Waals surface area contributed by atoms with Crippen LogP contribution in [0.1, 0.15) is 5.01 Å². The van der Waals surface area contributed by atoms with Gasteiger partial charge in [-0.2, -0.15) is 0 Å². The summed E-state index contributed by atoms with van der Waals surface area (Å²) < 4.78 is 0. The molecule has 0 atom stereocenters. The molecule has 0 aromatic carbocycles. The number of hydrogen-bond acceptors (Lipinski definition) is 4. The van der Waals surface area contributed by atoms with E-state index in [1.807, 2.05) is 6.92 Å². The molecule has 0 aliphatic rings. The van der Waals surface area contributed by atoms with Crippen LogP contribution in [-0.4, -0.2) is 10.2 Å². The van der Waals surface area contributed by atoms with E-state index in [9.17, 15) is 0 Å². The molecular weight excluding hydrogens is 122 g/mol. The molecule has 0 saturated carbocycles. The number of rotatable bonds is 1. The SMILES string of the molecule is [CH2]Nc1nnc(C)s1. The Bertz CT molecular complexity index is 172. The molecule has 0 saturated heterocycles. The van der Waals surface area contributed by atoms with Gasteiger partial charge in [0.15, 0.2) is 0 Å². The van der Waals surface area contributed by atoms with Crippen molar-refractivity contribution in [1.82, 2.24) is 10.2 Å². The minimum absolute atomic E-state index is 0.766. The standard InChI is InChI=1S/C4H6N3S/c1-3-6-7-4(5-2)8-3/h2H2,1H3,(H,5,7). The summed E-state index contributed by atoms with van der Waals surface area (Å²) in [6.07, 6.45) is 0. The van der Waals surface area contributed by atoms with Crippen LogP contribution in [0.4, 0.5) is 5.13 Å². The Morgan fingerprint density at radius 2 is 2.38 bits per heavy atom. The Balaban J connectivity index is 2.84. The monoisotopic (exact) mass is 128 g/mol. The minimum Gasteiger partial charge on any atom is -0.358 e. The maximum Gasteiger partial charge on any atom is 0.205 e. The van der Waals surface area contributed by atoms with E-state index in [2.05, 4.69) is 22.6 Å². The molecular formula is C4H6N3S. The number of anilines is 1. The average molecular weight is 128 g/mol. The van der Waals surface area contributed by atoms with Gasteiger partial charge >= 0.3 is 0 Å². The summed E-state index contributed by atoms with van der Waals surface area (Å²) in [5.74, 6) is 0. The molecule has 8 heavy (non-hydrogen) atoms. The highest BCUT2D eigenvalue weighted by molar-refractivity contribution is 7.15. The van der Waals surface area contributed by atoms with Crippen molar-refractivity contribution in [3.63, 3.8) is 0 Å². The molecule has 0 amide bonds. The molecule has 0 spiro atoms. The molecule has 1 radical (unpaired) electrons. The summed E-state index contributed by atoms with van der Waals surface area (Å²) in [5, 5.41) is 11.8. The lowest BCUT2D eigenvalue weighted by Gasteiger charge is -1.82. The van der Waals surface area contributed by atoms with E-state index in [4.69, 9.17) is 0 Å². The molecule has 0 aliphatic heterocycles. The van der Waals surface area contributed by atoms with E-state index in [0.717, 1.165) is 10.1 Å². The van der Waals surface area contributed by atoms with Crippen LogP contribution in [0.25, 0.3) is 0 Å². The highest BCUT2D eigenvalue weighted by Crippen LogP contribution is 2.11. The van der Waals surface area contributed by atoms with Crippen molar-refractivity contribution in [1.29, 1.82) is 0 Å². The van der Waals surface area contributed by atoms with Gasteiger partial charge in [0.2, 0.25) is 5.13 Å². The molecule has 0 unspecified atom stereocenters. The van der Waals surface area contributed by atoms with E-state index in [-0.39, 0.29) is 0 Å². The fourth-order valence-electron chi connectivity index (χ4n) is 0.368. The van der Waals surface area contributed by atoms with Crippen molar-refractivity contribution in [3.8, 4) is 0 Å². The van der Waals surface area contributed by atoms with Crippen molar-refractivity contribution in [2.24, 2.45) is 0 Å². The van der Waals surface area contributed by atoms with Gasteiger partial charge in [-0.1, -0.05) is 11.3 Å². The molecule has 1 aromatic rings. The van der Waals surface area contributed by atoms with Crippen LogP contribution in [0.5, 0.6) is 0 Å². The first-order valence-electron chi connectivity index (χ1n) is 2.16. The summed E-state index contributed by atoms with van der Waals surface area (Å²) in [7, 11) is 3.43. The largest absolute Gasteiger partial charge is 0.358 e. The predicted octanol–water partition coefficient (Wildman–Crippen LogP) is 1.05. The third-order valence-corrected chi connectivity index (χ3v) is 1.47. The molecule has 1 rings (SSSR count). The zero-order valence-electron chi connectivity index (χ0n) is 4.51. The van der Waals surface area contributed by atoms with Crippen LogP contribution in [0.15, 0.2) is 0 Å². The summed E-state index contributed by atoms with van der Waals surface area (Å²) in [4.78, 5) is 0. The number of aryl methyl sites for hydroxylation is 1. The first-order chi connectivity index (χ1) is 3.83. The molecule has 3 nitrogen and oxygen atoms in total. The Kier molecular flexibility index (Phi) is 1.43. The molecule has 4 heteroatoms. The Labute approximate surface area is 51.8 Å². The summed E-state index contributed by atoms with van der Waals surface area (Å²) >= 11 is 1.49. The van der Waals surface area contributed by atoms with Gasteiger partial charge in [-0.15, -0.1) is 10.2 Å². The highest BCUT2D eigenvalue weighted by atomic mass is 32.1. The maximum atomic E-state index is 3.75. The summed E-state index contributed by atoms with van der Waals surface area (Å²) in [5.41, 5.74) is 0. The topological polar surface area (TPSA) is 37.8 Å². The van der Waals surface area contributed by atoms with Gasteiger partial charge in [0.05, 0.1) is 0 Å². The number of hydrogen-bond donors (Lipinski definition) is 1. The molecule has 43 valence electrons. The van der Waals surface area contributed by atoms with E-state index in [1.54, 1.807) is 0 Å². The van der Waals surface area contributed by atoms with Crippen molar-refractivity contribution >= 4 is 16.5 Å². The van der Waals surface area contributed by atoms with E-state index in [1.165, 1.54) is 11.3 Å². The zero-order chi connectivity index (χ0) is 5.98. The third kappa shape index (κ3) is 0.949. The van der Waals surface area contributed by atoms with Crippen LogP contribution >= 0.6 is 11.3 Å². The molecule has 0 bridgehead atoms. The van der Waals surface area contributed by atoms with Gasteiger partial charge < -0.3 is 5.32 Å². The average Bonchev–Trinajstić information content (AvgIpc) is 2.14. The van der Waals surface area contributed by atoms with Gasteiger partial charge in [0, 0.05) is 7.05 Å². The van der Waals surface area contributed by atoms with Gasteiger partial charge in [-0.3, -0.25) is 0 Å². The number of aromatic nitrogens is 2. The second kappa shape index (κ2) is 2.09. The van der Waals surface area contributed by atoms with Crippen LogP contribution in [-0.2, 0) is 0 Å². The minimum atomic E-state index is 0.766. The van der Waals surface area contributed by atoms with Crippen molar-refractivity contribution < 1.29 is 0 Å². The fourth-order valence-corrected chi connectivity index (χ4v) is 0.883. The highest BCUT2D eigenvalue weighted by Gasteiger charge is 1.92. The van der Waals surface area contributed by atoms with Crippen LogP contribution < -0.4 is 5.32 Å². The Morgan fingerprint density at radius 1 is 1.62 bits per heavy atom. The molecule has 1 aromatic heterocycles. The van der Waals surface area contributed by atoms with Crippen molar-refractivity contribution in [2.75, 3.05) is 5.32 Å². The Morgan fingerprint density at radius 3 is 2.62 bits per heavy atom. The van der Waals surface area contributed by atoms with Crippen LogP contribution in [0.2, 0.25) is 0 Å². The quantitative estimate of drug-likeness (QED) is 0.614.